The molecule has 0 bridgehead atoms. The Morgan fingerprint density at radius 2 is 2.13 bits per heavy atom. The van der Waals surface area contributed by atoms with Gasteiger partial charge in [-0.05, 0) is 24.3 Å². The highest BCUT2D eigenvalue weighted by molar-refractivity contribution is 7.00. The predicted molar refractivity (Wildman–Crippen MR) is 85.5 cm³/mol. The van der Waals surface area contributed by atoms with Crippen molar-refractivity contribution in [2.75, 3.05) is 5.32 Å². The molecule has 0 saturated heterocycles. The van der Waals surface area contributed by atoms with Gasteiger partial charge in [0.05, 0.1) is 29.1 Å². The molecule has 4 rings (SSSR count). The molecule has 4 aromatic rings. The first kappa shape index (κ1) is 13.6. The van der Waals surface area contributed by atoms with E-state index in [9.17, 15) is 9.59 Å². The molecule has 0 aliphatic heterocycles. The molecule has 23 heavy (non-hydrogen) atoms. The van der Waals surface area contributed by atoms with Gasteiger partial charge < -0.3 is 5.32 Å². The van der Waals surface area contributed by atoms with Crippen LogP contribution < -0.4 is 11.0 Å². The molecular weight excluding hydrogens is 316 g/mol. The molecule has 1 amide bonds. The summed E-state index contributed by atoms with van der Waals surface area (Å²) in [4.78, 5) is 24.4. The van der Waals surface area contributed by atoms with Gasteiger partial charge in [0.25, 0.3) is 0 Å². The maximum atomic E-state index is 12.2. The summed E-state index contributed by atoms with van der Waals surface area (Å²) >= 11 is 1.08. The van der Waals surface area contributed by atoms with Gasteiger partial charge in [0.15, 0.2) is 0 Å². The maximum Gasteiger partial charge on any atom is 0.349 e. The predicted octanol–water partition coefficient (Wildman–Crippen LogP) is 1.14. The normalized spacial score (nSPS) is 11.1. The van der Waals surface area contributed by atoms with Crippen molar-refractivity contribution in [3.05, 3.63) is 53.2 Å². The Morgan fingerprint density at radius 1 is 1.22 bits per heavy atom. The average Bonchev–Trinajstić information content (AvgIpc) is 3.19. The molecule has 114 valence electrons. The summed E-state index contributed by atoms with van der Waals surface area (Å²) in [5, 5.41) is 6.75. The quantitative estimate of drug-likeness (QED) is 0.609. The van der Waals surface area contributed by atoms with Crippen LogP contribution >= 0.6 is 11.7 Å². The smallest absolute Gasteiger partial charge is 0.322 e. The molecule has 1 aromatic carbocycles. The van der Waals surface area contributed by atoms with Crippen LogP contribution in [-0.4, -0.2) is 28.8 Å². The number of hydrogen-bond acceptors (Lipinski definition) is 6. The Kier molecular flexibility index (Phi) is 3.12. The van der Waals surface area contributed by atoms with Crippen molar-refractivity contribution in [3.63, 3.8) is 0 Å². The first-order valence-corrected chi connectivity index (χ1v) is 7.50. The lowest BCUT2D eigenvalue weighted by Crippen LogP contribution is -2.32. The van der Waals surface area contributed by atoms with Crippen molar-refractivity contribution in [2.24, 2.45) is 0 Å². The number of rotatable bonds is 3. The van der Waals surface area contributed by atoms with E-state index in [4.69, 9.17) is 0 Å². The van der Waals surface area contributed by atoms with Crippen molar-refractivity contribution in [2.45, 2.75) is 6.54 Å². The van der Waals surface area contributed by atoms with Crippen molar-refractivity contribution in [3.8, 4) is 0 Å². The SMILES string of the molecule is O=C(Cn1ncc2cccn2c1=O)Nc1cccc2nsnc12. The summed E-state index contributed by atoms with van der Waals surface area (Å²) < 4.78 is 10.8. The fourth-order valence-corrected chi connectivity index (χ4v) is 2.87. The standard InChI is InChI=1S/C14H10N6O2S/c21-12(16-10-4-1-5-11-13(10)18-23-17-11)8-20-14(22)19-6-2-3-9(19)7-15-20/h1-7H,8H2,(H,16,21). The van der Waals surface area contributed by atoms with E-state index < -0.39 is 0 Å². The molecule has 8 nitrogen and oxygen atoms in total. The second-order valence-corrected chi connectivity index (χ2v) is 5.40. The molecule has 0 spiro atoms. The fourth-order valence-electron chi connectivity index (χ4n) is 2.32. The van der Waals surface area contributed by atoms with Crippen LogP contribution in [0.25, 0.3) is 16.6 Å². The zero-order chi connectivity index (χ0) is 15.8. The Bertz CT molecular complexity index is 1080. The number of carbonyl (C=O) groups is 1. The third-order valence-electron chi connectivity index (χ3n) is 3.39. The average molecular weight is 326 g/mol. The third kappa shape index (κ3) is 2.36. The molecule has 0 saturated carbocycles. The molecule has 9 heteroatoms. The highest BCUT2D eigenvalue weighted by Gasteiger charge is 2.11. The van der Waals surface area contributed by atoms with E-state index in [1.165, 1.54) is 4.40 Å². The van der Waals surface area contributed by atoms with Crippen molar-refractivity contribution in [1.29, 1.82) is 0 Å². The number of aromatic nitrogens is 5. The van der Waals surface area contributed by atoms with Crippen LogP contribution in [0.2, 0.25) is 0 Å². The number of carbonyl (C=O) groups excluding carboxylic acids is 1. The van der Waals surface area contributed by atoms with Crippen molar-refractivity contribution >= 4 is 39.9 Å². The van der Waals surface area contributed by atoms with Gasteiger partial charge in [-0.15, -0.1) is 0 Å². The molecular formula is C14H10N6O2S. The van der Waals surface area contributed by atoms with Gasteiger partial charge in [-0.1, -0.05) is 6.07 Å². The van der Waals surface area contributed by atoms with Crippen molar-refractivity contribution < 1.29 is 4.79 Å². The molecule has 0 unspecified atom stereocenters. The largest absolute Gasteiger partial charge is 0.349 e. The second kappa shape index (κ2) is 5.29. The minimum absolute atomic E-state index is 0.180. The molecule has 0 atom stereocenters. The van der Waals surface area contributed by atoms with Gasteiger partial charge in [-0.3, -0.25) is 9.20 Å². The van der Waals surface area contributed by atoms with E-state index in [1.54, 1.807) is 36.7 Å². The lowest BCUT2D eigenvalue weighted by molar-refractivity contribution is -0.117. The Labute approximate surface area is 133 Å². The number of anilines is 1. The minimum atomic E-state index is -0.365. The molecule has 0 aliphatic rings. The van der Waals surface area contributed by atoms with Gasteiger partial charge in [0.1, 0.15) is 17.6 Å². The highest BCUT2D eigenvalue weighted by Crippen LogP contribution is 2.20. The van der Waals surface area contributed by atoms with Crippen LogP contribution in [0.3, 0.4) is 0 Å². The van der Waals surface area contributed by atoms with E-state index in [1.807, 2.05) is 6.07 Å². The van der Waals surface area contributed by atoms with Crippen LogP contribution in [0.4, 0.5) is 5.69 Å². The van der Waals surface area contributed by atoms with E-state index in [2.05, 4.69) is 19.2 Å². The monoisotopic (exact) mass is 326 g/mol. The Morgan fingerprint density at radius 3 is 3.04 bits per heavy atom. The van der Waals surface area contributed by atoms with Gasteiger partial charge in [0, 0.05) is 6.20 Å². The van der Waals surface area contributed by atoms with Crippen LogP contribution in [0, 0.1) is 0 Å². The van der Waals surface area contributed by atoms with E-state index in [0.717, 1.165) is 21.9 Å². The first-order valence-electron chi connectivity index (χ1n) is 6.77. The van der Waals surface area contributed by atoms with Crippen LogP contribution in [0.1, 0.15) is 0 Å². The minimum Gasteiger partial charge on any atom is -0.322 e. The molecule has 1 N–H and O–H groups in total. The summed E-state index contributed by atoms with van der Waals surface area (Å²) in [7, 11) is 0. The molecule has 0 radical (unpaired) electrons. The molecule has 3 aromatic heterocycles. The molecule has 3 heterocycles. The van der Waals surface area contributed by atoms with Gasteiger partial charge in [0.2, 0.25) is 5.91 Å². The summed E-state index contributed by atoms with van der Waals surface area (Å²) in [6, 6.07) is 8.87. The van der Waals surface area contributed by atoms with E-state index in [0.29, 0.717) is 16.7 Å². The van der Waals surface area contributed by atoms with Crippen molar-refractivity contribution in [1.82, 2.24) is 22.9 Å². The van der Waals surface area contributed by atoms with Gasteiger partial charge in [-0.25, -0.2) is 9.48 Å². The first-order chi connectivity index (χ1) is 11.2. The Balaban J connectivity index is 1.61. The van der Waals surface area contributed by atoms with Gasteiger partial charge >= 0.3 is 5.69 Å². The lowest BCUT2D eigenvalue weighted by Gasteiger charge is -2.07. The Hall–Kier alpha value is -3.07. The van der Waals surface area contributed by atoms with Crippen LogP contribution in [0.15, 0.2) is 47.5 Å². The number of nitrogens with one attached hydrogen (secondary N) is 1. The zero-order valence-corrected chi connectivity index (χ0v) is 12.5. The number of fused-ring (bicyclic) bond motifs is 2. The summed E-state index contributed by atoms with van der Waals surface area (Å²) in [6.07, 6.45) is 3.18. The topological polar surface area (TPSA) is 94.2 Å². The summed E-state index contributed by atoms with van der Waals surface area (Å²) in [5.41, 5.74) is 2.24. The second-order valence-electron chi connectivity index (χ2n) is 4.87. The van der Waals surface area contributed by atoms with E-state index in [-0.39, 0.29) is 18.1 Å². The summed E-state index contributed by atoms with van der Waals surface area (Å²) in [5.74, 6) is -0.355. The van der Waals surface area contributed by atoms with E-state index >= 15 is 0 Å². The molecule has 0 fully saturated rings. The zero-order valence-electron chi connectivity index (χ0n) is 11.7. The fraction of sp³-hybridized carbons (Fsp3) is 0.0714. The van der Waals surface area contributed by atoms with Crippen LogP contribution in [0.5, 0.6) is 0 Å². The lowest BCUT2D eigenvalue weighted by atomic mass is 10.2. The maximum absolute atomic E-state index is 12.2. The number of hydrogen-bond donors (Lipinski definition) is 1. The number of nitrogens with zero attached hydrogens (tertiary/aromatic N) is 5. The van der Waals surface area contributed by atoms with Gasteiger partial charge in [-0.2, -0.15) is 13.8 Å². The van der Waals surface area contributed by atoms with Crippen LogP contribution in [-0.2, 0) is 11.3 Å². The highest BCUT2D eigenvalue weighted by atomic mass is 32.1. The molecule has 0 aliphatic carbocycles. The number of benzene rings is 1. The summed E-state index contributed by atoms with van der Waals surface area (Å²) in [6.45, 7) is -0.180. The number of amides is 1. The third-order valence-corrected chi connectivity index (χ3v) is 3.93.